The van der Waals surface area contributed by atoms with Crippen LogP contribution in [0.4, 0.5) is 5.69 Å². The predicted molar refractivity (Wildman–Crippen MR) is 51.6 cm³/mol. The molecule has 12 heavy (non-hydrogen) atoms. The van der Waals surface area contributed by atoms with Crippen molar-refractivity contribution in [2.75, 3.05) is 12.4 Å². The number of aromatic nitrogens is 2. The van der Waals surface area contributed by atoms with Crippen molar-refractivity contribution in [1.82, 2.24) is 10.2 Å². The minimum Gasteiger partial charge on any atom is -0.385 e. The SMILES string of the molecule is CNc1c(C(C)(C)C)n[nH]c1C. The molecule has 1 heterocycles. The van der Waals surface area contributed by atoms with E-state index in [9.17, 15) is 0 Å². The fourth-order valence-corrected chi connectivity index (χ4v) is 1.28. The summed E-state index contributed by atoms with van der Waals surface area (Å²) >= 11 is 0. The monoisotopic (exact) mass is 167 g/mol. The number of nitrogens with one attached hydrogen (secondary N) is 2. The standard InChI is InChI=1S/C9H17N3/c1-6-7(10-5)8(12-11-6)9(2,3)4/h10H,1-5H3,(H,11,12). The van der Waals surface area contributed by atoms with Crippen molar-refractivity contribution in [1.29, 1.82) is 0 Å². The summed E-state index contributed by atoms with van der Waals surface area (Å²) in [5, 5.41) is 10.4. The van der Waals surface area contributed by atoms with Crippen LogP contribution in [0.3, 0.4) is 0 Å². The van der Waals surface area contributed by atoms with Gasteiger partial charge >= 0.3 is 0 Å². The zero-order chi connectivity index (χ0) is 9.35. The molecule has 0 saturated carbocycles. The van der Waals surface area contributed by atoms with Crippen LogP contribution in [0.5, 0.6) is 0 Å². The van der Waals surface area contributed by atoms with E-state index in [0.29, 0.717) is 0 Å². The Labute approximate surface area is 73.6 Å². The molecule has 1 rings (SSSR count). The van der Waals surface area contributed by atoms with Crippen LogP contribution < -0.4 is 5.32 Å². The van der Waals surface area contributed by atoms with Gasteiger partial charge in [0, 0.05) is 12.5 Å². The Morgan fingerprint density at radius 2 is 1.92 bits per heavy atom. The van der Waals surface area contributed by atoms with Crippen LogP contribution in [0.15, 0.2) is 0 Å². The van der Waals surface area contributed by atoms with E-state index in [4.69, 9.17) is 0 Å². The first-order chi connectivity index (χ1) is 5.46. The van der Waals surface area contributed by atoms with E-state index >= 15 is 0 Å². The Morgan fingerprint density at radius 1 is 1.33 bits per heavy atom. The molecule has 0 aliphatic carbocycles. The normalized spacial score (nSPS) is 11.8. The molecule has 0 spiro atoms. The molecule has 0 unspecified atom stereocenters. The maximum atomic E-state index is 4.27. The van der Waals surface area contributed by atoms with Gasteiger partial charge in [0.2, 0.25) is 0 Å². The van der Waals surface area contributed by atoms with Crippen molar-refractivity contribution in [3.8, 4) is 0 Å². The van der Waals surface area contributed by atoms with E-state index in [1.807, 2.05) is 14.0 Å². The topological polar surface area (TPSA) is 40.7 Å². The van der Waals surface area contributed by atoms with Crippen molar-refractivity contribution < 1.29 is 0 Å². The largest absolute Gasteiger partial charge is 0.385 e. The van der Waals surface area contributed by atoms with Crippen molar-refractivity contribution in [3.63, 3.8) is 0 Å². The summed E-state index contributed by atoms with van der Waals surface area (Å²) in [5.41, 5.74) is 3.43. The molecule has 0 fully saturated rings. The van der Waals surface area contributed by atoms with Crippen molar-refractivity contribution in [3.05, 3.63) is 11.4 Å². The molecule has 0 aliphatic rings. The number of H-pyrrole nitrogens is 1. The zero-order valence-corrected chi connectivity index (χ0v) is 8.45. The van der Waals surface area contributed by atoms with Crippen molar-refractivity contribution >= 4 is 5.69 Å². The van der Waals surface area contributed by atoms with Crippen LogP contribution >= 0.6 is 0 Å². The van der Waals surface area contributed by atoms with E-state index in [1.165, 1.54) is 0 Å². The summed E-state index contributed by atoms with van der Waals surface area (Å²) in [7, 11) is 1.92. The molecule has 3 nitrogen and oxygen atoms in total. The highest BCUT2D eigenvalue weighted by Crippen LogP contribution is 2.28. The summed E-state index contributed by atoms with van der Waals surface area (Å²) < 4.78 is 0. The summed E-state index contributed by atoms with van der Waals surface area (Å²) in [5.74, 6) is 0. The second-order valence-electron chi connectivity index (χ2n) is 4.07. The average Bonchev–Trinajstić information content (AvgIpc) is 2.29. The number of aryl methyl sites for hydroxylation is 1. The summed E-state index contributed by atoms with van der Waals surface area (Å²) in [6.07, 6.45) is 0. The van der Waals surface area contributed by atoms with Gasteiger partial charge in [-0.15, -0.1) is 0 Å². The molecular formula is C9H17N3. The molecule has 0 radical (unpaired) electrons. The average molecular weight is 167 g/mol. The van der Waals surface area contributed by atoms with E-state index < -0.39 is 0 Å². The number of hydrogen-bond donors (Lipinski definition) is 2. The summed E-state index contributed by atoms with van der Waals surface area (Å²) in [6, 6.07) is 0. The smallest absolute Gasteiger partial charge is 0.0909 e. The fourth-order valence-electron chi connectivity index (χ4n) is 1.28. The maximum absolute atomic E-state index is 4.27. The third kappa shape index (κ3) is 1.44. The molecule has 0 saturated heterocycles. The molecule has 68 valence electrons. The maximum Gasteiger partial charge on any atom is 0.0909 e. The Kier molecular flexibility index (Phi) is 2.13. The Balaban J connectivity index is 3.16. The van der Waals surface area contributed by atoms with Crippen LogP contribution in [-0.4, -0.2) is 17.2 Å². The summed E-state index contributed by atoms with van der Waals surface area (Å²) in [6.45, 7) is 8.49. The molecule has 0 aliphatic heterocycles. The van der Waals surface area contributed by atoms with Crippen LogP contribution in [0.2, 0.25) is 0 Å². The van der Waals surface area contributed by atoms with Gasteiger partial charge in [-0.2, -0.15) is 5.10 Å². The van der Waals surface area contributed by atoms with Crippen LogP contribution in [0, 0.1) is 6.92 Å². The molecule has 2 N–H and O–H groups in total. The van der Waals surface area contributed by atoms with E-state index in [2.05, 4.69) is 36.3 Å². The molecule has 0 atom stereocenters. The minimum atomic E-state index is 0.100. The van der Waals surface area contributed by atoms with Crippen LogP contribution in [0.25, 0.3) is 0 Å². The van der Waals surface area contributed by atoms with E-state index in [0.717, 1.165) is 17.1 Å². The fraction of sp³-hybridized carbons (Fsp3) is 0.667. The predicted octanol–water partition coefficient (Wildman–Crippen LogP) is 2.06. The van der Waals surface area contributed by atoms with Gasteiger partial charge in [0.05, 0.1) is 17.1 Å². The molecule has 0 bridgehead atoms. The third-order valence-corrected chi connectivity index (χ3v) is 1.91. The Bertz CT molecular complexity index is 268. The first-order valence-electron chi connectivity index (χ1n) is 4.20. The first-order valence-corrected chi connectivity index (χ1v) is 4.20. The lowest BCUT2D eigenvalue weighted by atomic mass is 9.91. The van der Waals surface area contributed by atoms with Gasteiger partial charge in [-0.05, 0) is 6.92 Å². The Morgan fingerprint density at radius 3 is 2.25 bits per heavy atom. The van der Waals surface area contributed by atoms with Gasteiger partial charge in [0.25, 0.3) is 0 Å². The second-order valence-corrected chi connectivity index (χ2v) is 4.07. The lowest BCUT2D eigenvalue weighted by Crippen LogP contribution is -2.14. The van der Waals surface area contributed by atoms with Crippen LogP contribution in [-0.2, 0) is 5.41 Å². The quantitative estimate of drug-likeness (QED) is 0.672. The molecule has 3 heteroatoms. The summed E-state index contributed by atoms with van der Waals surface area (Å²) in [4.78, 5) is 0. The van der Waals surface area contributed by atoms with Gasteiger partial charge in [0.15, 0.2) is 0 Å². The van der Waals surface area contributed by atoms with E-state index in [1.54, 1.807) is 0 Å². The number of rotatable bonds is 1. The van der Waals surface area contributed by atoms with Gasteiger partial charge in [-0.3, -0.25) is 5.10 Å². The highest BCUT2D eigenvalue weighted by molar-refractivity contribution is 5.53. The highest BCUT2D eigenvalue weighted by Gasteiger charge is 2.21. The zero-order valence-electron chi connectivity index (χ0n) is 8.45. The molecule has 0 aromatic carbocycles. The van der Waals surface area contributed by atoms with Gasteiger partial charge in [-0.1, -0.05) is 20.8 Å². The number of nitrogens with zero attached hydrogens (tertiary/aromatic N) is 1. The van der Waals surface area contributed by atoms with Crippen molar-refractivity contribution in [2.24, 2.45) is 0 Å². The van der Waals surface area contributed by atoms with E-state index in [-0.39, 0.29) is 5.41 Å². The van der Waals surface area contributed by atoms with Gasteiger partial charge < -0.3 is 5.32 Å². The minimum absolute atomic E-state index is 0.100. The van der Waals surface area contributed by atoms with Crippen LogP contribution in [0.1, 0.15) is 32.2 Å². The molecule has 1 aromatic rings. The Hall–Kier alpha value is -0.990. The first kappa shape index (κ1) is 9.10. The second kappa shape index (κ2) is 2.81. The van der Waals surface area contributed by atoms with Gasteiger partial charge in [0.1, 0.15) is 0 Å². The number of anilines is 1. The van der Waals surface area contributed by atoms with Crippen molar-refractivity contribution in [2.45, 2.75) is 33.1 Å². The lowest BCUT2D eigenvalue weighted by molar-refractivity contribution is 0.568. The lowest BCUT2D eigenvalue weighted by Gasteiger charge is -2.17. The highest BCUT2D eigenvalue weighted by atomic mass is 15.2. The molecular weight excluding hydrogens is 150 g/mol. The molecule has 0 amide bonds. The third-order valence-electron chi connectivity index (χ3n) is 1.91. The molecule has 1 aromatic heterocycles. The van der Waals surface area contributed by atoms with Gasteiger partial charge in [-0.25, -0.2) is 0 Å². The number of aromatic amines is 1. The number of hydrogen-bond acceptors (Lipinski definition) is 2.